The number of aryl methyl sites for hydroxylation is 2. The van der Waals surface area contributed by atoms with Crippen molar-refractivity contribution in [3.8, 4) is 11.3 Å². The molecule has 0 spiro atoms. The molecule has 1 N–H and O–H groups in total. The van der Waals surface area contributed by atoms with Crippen LogP contribution in [-0.2, 0) is 6.42 Å². The Morgan fingerprint density at radius 1 is 1.11 bits per heavy atom. The predicted molar refractivity (Wildman–Crippen MR) is 154 cm³/mol. The van der Waals surface area contributed by atoms with Crippen molar-refractivity contribution in [1.29, 1.82) is 0 Å². The van der Waals surface area contributed by atoms with E-state index in [9.17, 15) is 4.79 Å². The maximum absolute atomic E-state index is 12.4. The van der Waals surface area contributed by atoms with Gasteiger partial charge in [0.25, 0.3) is 5.91 Å². The Kier molecular flexibility index (Phi) is 11.4. The Bertz CT molecular complexity index is 1150. The minimum Gasteiger partial charge on any atom is -0.366 e. The van der Waals surface area contributed by atoms with Crippen LogP contribution >= 0.6 is 36.2 Å². The molecule has 0 radical (unpaired) electrons. The van der Waals surface area contributed by atoms with Crippen LogP contribution in [0.2, 0.25) is 0 Å². The second-order valence-electron chi connectivity index (χ2n) is 9.47. The average molecular weight is 536 g/mol. The van der Waals surface area contributed by atoms with Gasteiger partial charge in [0.15, 0.2) is 0 Å². The van der Waals surface area contributed by atoms with Gasteiger partial charge in [0.05, 0.1) is 22.7 Å². The molecule has 0 saturated carbocycles. The maximum atomic E-state index is 12.4. The molecule has 5 nitrogen and oxygen atoms in total. The van der Waals surface area contributed by atoms with Gasteiger partial charge in [0.1, 0.15) is 0 Å². The van der Waals surface area contributed by atoms with E-state index in [0.717, 1.165) is 40.5 Å². The minimum absolute atomic E-state index is 0. The summed E-state index contributed by atoms with van der Waals surface area (Å²) in [5, 5.41) is 6.15. The highest BCUT2D eigenvalue weighted by molar-refractivity contribution is 7.10. The zero-order valence-corrected chi connectivity index (χ0v) is 24.0. The highest BCUT2D eigenvalue weighted by Gasteiger charge is 2.15. The summed E-state index contributed by atoms with van der Waals surface area (Å²) in [6.45, 7) is 13.2. The van der Waals surface area contributed by atoms with Gasteiger partial charge >= 0.3 is 0 Å². The molecule has 2 aromatic carbocycles. The number of halogens is 2. The summed E-state index contributed by atoms with van der Waals surface area (Å²) in [6.07, 6.45) is 2.68. The van der Waals surface area contributed by atoms with Gasteiger partial charge in [-0.05, 0) is 76.4 Å². The van der Waals surface area contributed by atoms with Crippen LogP contribution in [0.5, 0.6) is 0 Å². The van der Waals surface area contributed by atoms with Crippen LogP contribution in [0.3, 0.4) is 0 Å². The number of aliphatic imine (C=N–C) groups is 1. The number of nitrogens with one attached hydrogen (secondary N) is 1. The van der Waals surface area contributed by atoms with Gasteiger partial charge in [-0.3, -0.25) is 4.79 Å². The number of amides is 1. The van der Waals surface area contributed by atoms with E-state index in [0.29, 0.717) is 5.56 Å². The molecule has 1 aromatic heterocycles. The van der Waals surface area contributed by atoms with Crippen LogP contribution in [-0.4, -0.2) is 41.3 Å². The lowest BCUT2D eigenvalue weighted by Gasteiger charge is -2.20. The lowest BCUT2D eigenvalue weighted by atomic mass is 10.0. The van der Waals surface area contributed by atoms with Crippen molar-refractivity contribution in [3.63, 3.8) is 0 Å². The Balaban J connectivity index is 0.00000306. The second kappa shape index (κ2) is 13.1. The Hall–Kier alpha value is -2.41. The zero-order valence-electron chi connectivity index (χ0n) is 21.5. The van der Waals surface area contributed by atoms with Crippen LogP contribution in [0.25, 0.3) is 11.3 Å². The molecule has 0 saturated heterocycles. The third kappa shape index (κ3) is 8.64. The molecule has 0 aliphatic rings. The molecular formula is C27H36Cl2N4OS. The van der Waals surface area contributed by atoms with Crippen LogP contribution in [0.15, 0.2) is 46.8 Å². The van der Waals surface area contributed by atoms with Gasteiger partial charge in [0.2, 0.25) is 0 Å². The number of aromatic nitrogens is 1. The normalized spacial score (nSPS) is 11.1. The number of hydrogen-bond donors (Lipinski definition) is 1. The van der Waals surface area contributed by atoms with Crippen molar-refractivity contribution in [1.82, 2.24) is 15.2 Å². The largest absolute Gasteiger partial charge is 0.366 e. The lowest BCUT2D eigenvalue weighted by molar-refractivity contribution is 0.0919. The summed E-state index contributed by atoms with van der Waals surface area (Å²) in [5.74, 6) is -0.0621. The van der Waals surface area contributed by atoms with Gasteiger partial charge < -0.3 is 10.2 Å². The Morgan fingerprint density at radius 2 is 1.77 bits per heavy atom. The number of benzene rings is 2. The quantitative estimate of drug-likeness (QED) is 0.262. The minimum atomic E-state index is -0.257. The van der Waals surface area contributed by atoms with Crippen LogP contribution in [0, 0.1) is 13.8 Å². The van der Waals surface area contributed by atoms with Crippen molar-refractivity contribution in [2.45, 2.75) is 53.5 Å². The van der Waals surface area contributed by atoms with Crippen LogP contribution < -0.4 is 5.32 Å². The summed E-state index contributed by atoms with van der Waals surface area (Å²) in [4.78, 5) is 23.9. The molecule has 1 heterocycles. The monoisotopic (exact) mass is 534 g/mol. The van der Waals surface area contributed by atoms with Gasteiger partial charge in [-0.2, -0.15) is 0 Å². The van der Waals surface area contributed by atoms with E-state index in [1.165, 1.54) is 11.1 Å². The molecule has 0 aliphatic heterocycles. The molecule has 3 aromatic rings. The summed E-state index contributed by atoms with van der Waals surface area (Å²) in [7, 11) is 2.02. The van der Waals surface area contributed by atoms with E-state index in [4.69, 9.17) is 4.98 Å². The molecule has 3 rings (SSSR count). The van der Waals surface area contributed by atoms with Gasteiger partial charge in [-0.15, -0.1) is 36.2 Å². The Labute approximate surface area is 225 Å². The third-order valence-electron chi connectivity index (χ3n) is 5.37. The van der Waals surface area contributed by atoms with E-state index in [2.05, 4.69) is 53.5 Å². The number of hydrogen-bond acceptors (Lipinski definition) is 4. The number of carbonyl (C=O) groups is 1. The van der Waals surface area contributed by atoms with E-state index >= 15 is 0 Å². The summed E-state index contributed by atoms with van der Waals surface area (Å²) < 4.78 is 0. The molecular weight excluding hydrogens is 499 g/mol. The Morgan fingerprint density at radius 3 is 2.37 bits per heavy atom. The summed E-state index contributed by atoms with van der Waals surface area (Å²) in [5.41, 5.74) is 7.01. The second-order valence-corrected chi connectivity index (χ2v) is 10.4. The molecule has 0 fully saturated rings. The average Bonchev–Trinajstić information content (AvgIpc) is 3.22. The van der Waals surface area contributed by atoms with Gasteiger partial charge in [-0.25, -0.2) is 9.98 Å². The third-order valence-corrected chi connectivity index (χ3v) is 6.22. The van der Waals surface area contributed by atoms with Gasteiger partial charge in [-0.1, -0.05) is 18.2 Å². The van der Waals surface area contributed by atoms with Crippen molar-refractivity contribution in [2.75, 3.05) is 13.6 Å². The lowest BCUT2D eigenvalue weighted by Crippen LogP contribution is -2.40. The highest BCUT2D eigenvalue weighted by atomic mass is 35.5. The topological polar surface area (TPSA) is 57.6 Å². The zero-order chi connectivity index (χ0) is 24.2. The first-order valence-corrected chi connectivity index (χ1v) is 12.2. The van der Waals surface area contributed by atoms with Crippen LogP contribution in [0.1, 0.15) is 59.8 Å². The molecule has 190 valence electrons. The number of thiazole rings is 1. The van der Waals surface area contributed by atoms with Gasteiger partial charge in [0, 0.05) is 42.1 Å². The molecule has 8 heteroatoms. The number of carbonyl (C=O) groups excluding carboxylic acids is 1. The van der Waals surface area contributed by atoms with Crippen molar-refractivity contribution in [2.24, 2.45) is 4.99 Å². The summed E-state index contributed by atoms with van der Waals surface area (Å²) in [6, 6.07) is 12.0. The number of rotatable bonds is 7. The van der Waals surface area contributed by atoms with Crippen LogP contribution in [0.4, 0.5) is 5.69 Å². The molecule has 0 unspecified atom stereocenters. The fourth-order valence-corrected chi connectivity index (χ4v) is 4.15. The first kappa shape index (κ1) is 30.6. The van der Waals surface area contributed by atoms with E-state index < -0.39 is 0 Å². The molecule has 0 atom stereocenters. The van der Waals surface area contributed by atoms with Crippen molar-refractivity contribution in [3.05, 3.63) is 69.0 Å². The highest BCUT2D eigenvalue weighted by Crippen LogP contribution is 2.28. The van der Waals surface area contributed by atoms with E-state index in [1.807, 2.05) is 58.4 Å². The fourth-order valence-electron chi connectivity index (χ4n) is 3.33. The first-order valence-electron chi connectivity index (χ1n) is 11.3. The molecule has 35 heavy (non-hydrogen) atoms. The smallest absolute Gasteiger partial charge is 0.251 e. The molecule has 0 bridgehead atoms. The van der Waals surface area contributed by atoms with Crippen molar-refractivity contribution >= 4 is 54.1 Å². The van der Waals surface area contributed by atoms with E-state index in [1.54, 1.807) is 11.3 Å². The SMILES string of the molecule is CCN(C)/C=N/c1cc(C)c(Cc2nc(-c3ccc(C(=O)NC(C)(C)C)cc3)cs2)cc1C.Cl.Cl. The maximum Gasteiger partial charge on any atom is 0.251 e. The molecule has 1 amide bonds. The first-order chi connectivity index (χ1) is 15.6. The van der Waals surface area contributed by atoms with E-state index in [-0.39, 0.29) is 36.3 Å². The predicted octanol–water partition coefficient (Wildman–Crippen LogP) is 7.00. The molecule has 0 aliphatic carbocycles. The summed E-state index contributed by atoms with van der Waals surface area (Å²) >= 11 is 1.67. The fraction of sp³-hybridized carbons (Fsp3) is 0.370. The number of nitrogens with zero attached hydrogens (tertiary/aromatic N) is 3. The standard InChI is InChI=1S/C27H34N4OS.2ClH/c1-8-31(7)17-28-23-14-18(2)22(13-19(23)3)15-25-29-24(16-33-25)20-9-11-21(12-10-20)26(32)30-27(4,5)6;;/h9-14,16-17H,8,15H2,1-7H3,(H,30,32);2*1H/b28-17+;;. The van der Waals surface area contributed by atoms with Crippen molar-refractivity contribution < 1.29 is 4.79 Å².